The molecule has 5 heteroatoms. The van der Waals surface area contributed by atoms with Crippen LogP contribution in [0.15, 0.2) is 24.3 Å². The number of benzene rings is 1. The maximum Gasteiger partial charge on any atom is 0.227 e. The van der Waals surface area contributed by atoms with Gasteiger partial charge in [0.25, 0.3) is 0 Å². The van der Waals surface area contributed by atoms with Crippen LogP contribution in [-0.4, -0.2) is 36.8 Å². The third-order valence-electron chi connectivity index (χ3n) is 2.74. The summed E-state index contributed by atoms with van der Waals surface area (Å²) in [4.78, 5) is 10.8. The van der Waals surface area contributed by atoms with Crippen LogP contribution < -0.4 is 10.6 Å². The number of fused-ring (bicyclic) bond motifs is 1. The maximum absolute atomic E-state index is 5.94. The van der Waals surface area contributed by atoms with Crippen molar-refractivity contribution >= 4 is 22.7 Å². The lowest BCUT2D eigenvalue weighted by Gasteiger charge is -2.17. The zero-order chi connectivity index (χ0) is 13.0. The number of aromatic nitrogens is 2. The third-order valence-corrected chi connectivity index (χ3v) is 2.74. The number of rotatable bonds is 5. The number of hydrogen-bond acceptors (Lipinski definition) is 5. The van der Waals surface area contributed by atoms with E-state index in [1.807, 2.05) is 43.1 Å². The van der Waals surface area contributed by atoms with Crippen LogP contribution in [0.5, 0.6) is 0 Å². The molecule has 0 atom stereocenters. The molecule has 0 radical (unpaired) electrons. The molecule has 0 aliphatic carbocycles. The van der Waals surface area contributed by atoms with Gasteiger partial charge in [-0.1, -0.05) is 12.1 Å². The number of hydrogen-bond donors (Lipinski definition) is 1. The Balaban J connectivity index is 2.23. The van der Waals surface area contributed by atoms with Crippen LogP contribution in [0.2, 0.25) is 0 Å². The number of para-hydroxylation sites is 1. The first-order valence-electron chi connectivity index (χ1n) is 6.03. The molecule has 0 fully saturated rings. The molecular weight excluding hydrogens is 228 g/mol. The minimum Gasteiger partial charge on any atom is -0.383 e. The van der Waals surface area contributed by atoms with Gasteiger partial charge in [0.15, 0.2) is 0 Å². The molecule has 0 saturated carbocycles. The Morgan fingerprint density at radius 2 is 2.06 bits per heavy atom. The number of likely N-dealkylation sites (N-methyl/N-ethyl adjacent to an activating group) is 1. The van der Waals surface area contributed by atoms with Crippen molar-refractivity contribution in [1.82, 2.24) is 9.97 Å². The predicted octanol–water partition coefficient (Wildman–Crippen LogP) is 1.68. The summed E-state index contributed by atoms with van der Waals surface area (Å²) in [6, 6.07) is 7.74. The molecule has 0 bridgehead atoms. The summed E-state index contributed by atoms with van der Waals surface area (Å²) in [5.41, 5.74) is 6.80. The molecule has 1 aromatic carbocycles. The van der Waals surface area contributed by atoms with E-state index in [1.54, 1.807) is 0 Å². The molecule has 0 unspecified atom stereocenters. The Morgan fingerprint density at radius 1 is 1.28 bits per heavy atom. The second-order valence-electron chi connectivity index (χ2n) is 4.04. The van der Waals surface area contributed by atoms with Crippen molar-refractivity contribution in [3.63, 3.8) is 0 Å². The van der Waals surface area contributed by atoms with Gasteiger partial charge in [0, 0.05) is 25.6 Å². The fourth-order valence-electron chi connectivity index (χ4n) is 1.70. The Hall–Kier alpha value is -1.88. The van der Waals surface area contributed by atoms with Gasteiger partial charge in [-0.25, -0.2) is 4.98 Å². The van der Waals surface area contributed by atoms with E-state index in [2.05, 4.69) is 9.97 Å². The van der Waals surface area contributed by atoms with E-state index in [0.29, 0.717) is 25.0 Å². The molecule has 0 aliphatic rings. The van der Waals surface area contributed by atoms with Gasteiger partial charge in [-0.15, -0.1) is 0 Å². The second-order valence-corrected chi connectivity index (χ2v) is 4.04. The molecule has 0 amide bonds. The SMILES string of the molecule is CCOCCN(C)c1nc(N)c2ccccc2n1. The van der Waals surface area contributed by atoms with Crippen LogP contribution >= 0.6 is 0 Å². The average molecular weight is 246 g/mol. The van der Waals surface area contributed by atoms with Gasteiger partial charge in [-0.05, 0) is 19.1 Å². The molecule has 5 nitrogen and oxygen atoms in total. The quantitative estimate of drug-likeness (QED) is 0.813. The number of ether oxygens (including phenoxy) is 1. The van der Waals surface area contributed by atoms with Crippen LogP contribution in [-0.2, 0) is 4.74 Å². The van der Waals surface area contributed by atoms with E-state index < -0.39 is 0 Å². The van der Waals surface area contributed by atoms with Gasteiger partial charge in [-0.3, -0.25) is 0 Å². The molecule has 18 heavy (non-hydrogen) atoms. The summed E-state index contributed by atoms with van der Waals surface area (Å²) in [5, 5.41) is 0.888. The van der Waals surface area contributed by atoms with Crippen LogP contribution in [0.3, 0.4) is 0 Å². The lowest BCUT2D eigenvalue weighted by Crippen LogP contribution is -2.24. The minimum atomic E-state index is 0.513. The van der Waals surface area contributed by atoms with Crippen molar-refractivity contribution in [2.45, 2.75) is 6.92 Å². The Kier molecular flexibility index (Phi) is 3.94. The molecule has 2 N–H and O–H groups in total. The van der Waals surface area contributed by atoms with Crippen molar-refractivity contribution < 1.29 is 4.74 Å². The molecule has 2 aromatic rings. The van der Waals surface area contributed by atoms with Crippen LogP contribution in [0.25, 0.3) is 10.9 Å². The maximum atomic E-state index is 5.94. The van der Waals surface area contributed by atoms with E-state index >= 15 is 0 Å². The normalized spacial score (nSPS) is 10.8. The smallest absolute Gasteiger partial charge is 0.227 e. The first-order valence-corrected chi connectivity index (χ1v) is 6.03. The van der Waals surface area contributed by atoms with Gasteiger partial charge in [0.2, 0.25) is 5.95 Å². The van der Waals surface area contributed by atoms with E-state index in [9.17, 15) is 0 Å². The van der Waals surface area contributed by atoms with Gasteiger partial charge in [0.1, 0.15) is 5.82 Å². The highest BCUT2D eigenvalue weighted by Crippen LogP contribution is 2.20. The molecule has 96 valence electrons. The summed E-state index contributed by atoms with van der Waals surface area (Å²) in [6.07, 6.45) is 0. The van der Waals surface area contributed by atoms with Crippen LogP contribution in [0, 0.1) is 0 Å². The molecule has 0 aliphatic heterocycles. The van der Waals surface area contributed by atoms with E-state index in [-0.39, 0.29) is 0 Å². The Morgan fingerprint density at radius 3 is 2.83 bits per heavy atom. The first-order chi connectivity index (χ1) is 8.72. The van der Waals surface area contributed by atoms with Crippen molar-refractivity contribution in [3.05, 3.63) is 24.3 Å². The Bertz CT molecular complexity index is 529. The highest BCUT2D eigenvalue weighted by atomic mass is 16.5. The summed E-state index contributed by atoms with van der Waals surface area (Å²) >= 11 is 0. The van der Waals surface area contributed by atoms with Crippen LogP contribution in [0.1, 0.15) is 6.92 Å². The van der Waals surface area contributed by atoms with Gasteiger partial charge >= 0.3 is 0 Å². The molecule has 0 spiro atoms. The molecule has 1 heterocycles. The summed E-state index contributed by atoms with van der Waals surface area (Å²) in [6.45, 7) is 4.09. The summed E-state index contributed by atoms with van der Waals surface area (Å²) < 4.78 is 5.31. The topological polar surface area (TPSA) is 64.3 Å². The highest BCUT2D eigenvalue weighted by Gasteiger charge is 2.08. The third kappa shape index (κ3) is 2.68. The van der Waals surface area contributed by atoms with Crippen LogP contribution in [0.4, 0.5) is 11.8 Å². The molecule has 1 aromatic heterocycles. The van der Waals surface area contributed by atoms with Gasteiger partial charge in [0.05, 0.1) is 12.1 Å². The lowest BCUT2D eigenvalue weighted by molar-refractivity contribution is 0.154. The monoisotopic (exact) mass is 246 g/mol. The fraction of sp³-hybridized carbons (Fsp3) is 0.385. The zero-order valence-corrected chi connectivity index (χ0v) is 10.8. The molecular formula is C13H18N4O. The minimum absolute atomic E-state index is 0.513. The molecule has 0 saturated heterocycles. The molecule has 2 rings (SSSR count). The van der Waals surface area contributed by atoms with E-state index in [0.717, 1.165) is 17.4 Å². The number of nitrogens with zero attached hydrogens (tertiary/aromatic N) is 3. The predicted molar refractivity (Wildman–Crippen MR) is 73.7 cm³/mol. The largest absolute Gasteiger partial charge is 0.383 e. The van der Waals surface area contributed by atoms with Crippen molar-refractivity contribution in [1.29, 1.82) is 0 Å². The Labute approximate surface area is 107 Å². The van der Waals surface area contributed by atoms with Gasteiger partial charge < -0.3 is 15.4 Å². The van der Waals surface area contributed by atoms with E-state index in [4.69, 9.17) is 10.5 Å². The summed E-state index contributed by atoms with van der Waals surface area (Å²) in [7, 11) is 1.93. The standard InChI is InChI=1S/C13H18N4O/c1-3-18-9-8-17(2)13-15-11-7-5-4-6-10(11)12(14)16-13/h4-7H,3,8-9H2,1-2H3,(H2,14,15,16). The van der Waals surface area contributed by atoms with Crippen molar-refractivity contribution in [2.75, 3.05) is 37.4 Å². The lowest BCUT2D eigenvalue weighted by atomic mass is 10.2. The zero-order valence-electron chi connectivity index (χ0n) is 10.8. The van der Waals surface area contributed by atoms with Crippen molar-refractivity contribution in [2.24, 2.45) is 0 Å². The fourth-order valence-corrected chi connectivity index (χ4v) is 1.70. The number of nitrogen functional groups attached to an aromatic ring is 1. The van der Waals surface area contributed by atoms with Crippen molar-refractivity contribution in [3.8, 4) is 0 Å². The number of anilines is 2. The first kappa shape index (κ1) is 12.6. The highest BCUT2D eigenvalue weighted by molar-refractivity contribution is 5.88. The van der Waals surface area contributed by atoms with E-state index in [1.165, 1.54) is 0 Å². The van der Waals surface area contributed by atoms with Gasteiger partial charge in [-0.2, -0.15) is 4.98 Å². The number of nitrogens with two attached hydrogens (primary N) is 1. The summed E-state index contributed by atoms with van der Waals surface area (Å²) in [5.74, 6) is 1.14. The average Bonchev–Trinajstić information content (AvgIpc) is 2.39. The second kappa shape index (κ2) is 5.64.